The lowest BCUT2D eigenvalue weighted by atomic mass is 10.6. The normalized spacial score (nSPS) is 9.17. The SMILES string of the molecule is CC(C)SC=O. The average molecular weight is 104 g/mol. The summed E-state index contributed by atoms with van der Waals surface area (Å²) < 4.78 is 0. The molecule has 2 heteroatoms. The predicted molar refractivity (Wildman–Crippen MR) is 29.5 cm³/mol. The Bertz CT molecular complexity index is 42.8. The minimum Gasteiger partial charge on any atom is -0.291 e. The molecule has 0 aromatic rings. The van der Waals surface area contributed by atoms with Crippen LogP contribution in [0.1, 0.15) is 13.8 Å². The first-order valence-electron chi connectivity index (χ1n) is 1.86. The van der Waals surface area contributed by atoms with Crippen LogP contribution in [0.2, 0.25) is 0 Å². The van der Waals surface area contributed by atoms with Gasteiger partial charge in [-0.3, -0.25) is 4.79 Å². The quantitative estimate of drug-likeness (QED) is 0.491. The fraction of sp³-hybridized carbons (Fsp3) is 0.750. The van der Waals surface area contributed by atoms with Gasteiger partial charge in [-0.25, -0.2) is 0 Å². The monoisotopic (exact) mass is 104 g/mol. The lowest BCUT2D eigenvalue weighted by Gasteiger charge is -1.89. The van der Waals surface area contributed by atoms with E-state index in [1.165, 1.54) is 11.8 Å². The molecule has 0 fully saturated rings. The van der Waals surface area contributed by atoms with Crippen molar-refractivity contribution in [3.05, 3.63) is 0 Å². The number of carbonyl (C=O) groups is 1. The van der Waals surface area contributed by atoms with Gasteiger partial charge in [0, 0.05) is 5.25 Å². The Hall–Kier alpha value is 0.0200. The molecule has 0 atom stereocenters. The molecule has 0 unspecified atom stereocenters. The fourth-order valence-electron chi connectivity index (χ4n) is 0.111. The first-order valence-corrected chi connectivity index (χ1v) is 2.80. The maximum atomic E-state index is 9.58. The molecule has 0 saturated heterocycles. The molecule has 0 aromatic heterocycles. The fourth-order valence-corrected chi connectivity index (χ4v) is 0.333. The van der Waals surface area contributed by atoms with Gasteiger partial charge in [-0.05, 0) is 0 Å². The maximum absolute atomic E-state index is 9.58. The Morgan fingerprint density at radius 2 is 2.17 bits per heavy atom. The number of rotatable bonds is 2. The van der Waals surface area contributed by atoms with E-state index in [0.717, 1.165) is 5.62 Å². The second-order valence-electron chi connectivity index (χ2n) is 1.28. The Morgan fingerprint density at radius 3 is 2.17 bits per heavy atom. The van der Waals surface area contributed by atoms with Crippen molar-refractivity contribution in [1.29, 1.82) is 0 Å². The zero-order valence-corrected chi connectivity index (χ0v) is 4.79. The van der Waals surface area contributed by atoms with Gasteiger partial charge in [0.25, 0.3) is 0 Å². The molecule has 36 valence electrons. The number of thioether (sulfide) groups is 1. The van der Waals surface area contributed by atoms with E-state index in [2.05, 4.69) is 0 Å². The van der Waals surface area contributed by atoms with Crippen molar-refractivity contribution in [3.63, 3.8) is 0 Å². The van der Waals surface area contributed by atoms with Gasteiger partial charge in [-0.15, -0.1) is 0 Å². The van der Waals surface area contributed by atoms with E-state index < -0.39 is 0 Å². The summed E-state index contributed by atoms with van der Waals surface area (Å²) in [5, 5.41) is 0.447. The van der Waals surface area contributed by atoms with Crippen LogP contribution < -0.4 is 0 Å². The zero-order chi connectivity index (χ0) is 4.99. The molecule has 0 N–H and O–H groups in total. The van der Waals surface area contributed by atoms with E-state index in [0.29, 0.717) is 5.25 Å². The topological polar surface area (TPSA) is 17.1 Å². The number of hydrogen-bond donors (Lipinski definition) is 0. The van der Waals surface area contributed by atoms with Crippen molar-refractivity contribution in [3.8, 4) is 0 Å². The van der Waals surface area contributed by atoms with Crippen molar-refractivity contribution >= 4 is 17.4 Å². The van der Waals surface area contributed by atoms with E-state index in [4.69, 9.17) is 0 Å². The Balaban J connectivity index is 2.81. The minimum absolute atomic E-state index is 0.447. The highest BCUT2D eigenvalue weighted by Gasteiger charge is 1.86. The summed E-state index contributed by atoms with van der Waals surface area (Å²) in [5.41, 5.74) is 0.866. The summed E-state index contributed by atoms with van der Waals surface area (Å²) in [6.07, 6.45) is 0. The number of hydrogen-bond acceptors (Lipinski definition) is 2. The van der Waals surface area contributed by atoms with Gasteiger partial charge in [0.15, 0.2) is 5.62 Å². The molecule has 0 aromatic carbocycles. The highest BCUT2D eigenvalue weighted by molar-refractivity contribution is 8.12. The van der Waals surface area contributed by atoms with Gasteiger partial charge in [-0.2, -0.15) is 0 Å². The van der Waals surface area contributed by atoms with Crippen LogP contribution in [0.5, 0.6) is 0 Å². The third kappa shape index (κ3) is 4.02. The van der Waals surface area contributed by atoms with Gasteiger partial charge in [0.2, 0.25) is 0 Å². The molecular formula is C4H8OS. The molecule has 0 aliphatic heterocycles. The third-order valence-corrected chi connectivity index (χ3v) is 0.983. The molecule has 0 radical (unpaired) electrons. The van der Waals surface area contributed by atoms with Gasteiger partial charge in [-0.1, -0.05) is 25.6 Å². The molecule has 0 rings (SSSR count). The summed E-state index contributed by atoms with van der Waals surface area (Å²) in [6, 6.07) is 0. The second-order valence-corrected chi connectivity index (χ2v) is 2.69. The van der Waals surface area contributed by atoms with Gasteiger partial charge in [0.05, 0.1) is 0 Å². The van der Waals surface area contributed by atoms with Crippen molar-refractivity contribution < 1.29 is 4.79 Å². The number of carbonyl (C=O) groups excluding carboxylic acids is 1. The average Bonchev–Trinajstić information content (AvgIpc) is 1.35. The van der Waals surface area contributed by atoms with Crippen molar-refractivity contribution in [1.82, 2.24) is 0 Å². The predicted octanol–water partition coefficient (Wildman–Crippen LogP) is 1.32. The lowest BCUT2D eigenvalue weighted by molar-refractivity contribution is 0.570. The Morgan fingerprint density at radius 1 is 1.67 bits per heavy atom. The molecule has 0 saturated carbocycles. The summed E-state index contributed by atoms with van der Waals surface area (Å²) in [4.78, 5) is 9.58. The zero-order valence-electron chi connectivity index (χ0n) is 3.97. The van der Waals surface area contributed by atoms with Crippen molar-refractivity contribution in [2.75, 3.05) is 0 Å². The smallest absolute Gasteiger partial charge is 0.176 e. The van der Waals surface area contributed by atoms with Crippen LogP contribution in [0.25, 0.3) is 0 Å². The summed E-state index contributed by atoms with van der Waals surface area (Å²) in [7, 11) is 0. The molecular weight excluding hydrogens is 96.1 g/mol. The highest BCUT2D eigenvalue weighted by atomic mass is 32.2. The van der Waals surface area contributed by atoms with E-state index in [9.17, 15) is 4.79 Å². The van der Waals surface area contributed by atoms with Gasteiger partial charge < -0.3 is 0 Å². The largest absolute Gasteiger partial charge is 0.291 e. The van der Waals surface area contributed by atoms with Crippen LogP contribution in [0.4, 0.5) is 0 Å². The van der Waals surface area contributed by atoms with Crippen molar-refractivity contribution in [2.24, 2.45) is 0 Å². The molecule has 0 aliphatic carbocycles. The molecule has 1 nitrogen and oxygen atoms in total. The molecule has 0 amide bonds. The van der Waals surface area contributed by atoms with Crippen molar-refractivity contribution in [2.45, 2.75) is 19.1 Å². The highest BCUT2D eigenvalue weighted by Crippen LogP contribution is 2.01. The third-order valence-electron chi connectivity index (χ3n) is 0.328. The van der Waals surface area contributed by atoms with Gasteiger partial charge >= 0.3 is 0 Å². The standard InChI is InChI=1S/C4H8OS/c1-4(2)6-3-5/h3-4H,1-2H3. The van der Waals surface area contributed by atoms with E-state index in [-0.39, 0.29) is 0 Å². The van der Waals surface area contributed by atoms with Crippen LogP contribution in [-0.2, 0) is 4.79 Å². The molecule has 0 spiro atoms. The molecule has 0 heterocycles. The second kappa shape index (κ2) is 3.22. The first kappa shape index (κ1) is 6.02. The first-order chi connectivity index (χ1) is 2.77. The van der Waals surface area contributed by atoms with E-state index >= 15 is 0 Å². The van der Waals surface area contributed by atoms with E-state index in [1.807, 2.05) is 13.8 Å². The molecule has 6 heavy (non-hydrogen) atoms. The van der Waals surface area contributed by atoms with Crippen LogP contribution in [0.15, 0.2) is 0 Å². The Labute approximate surface area is 42.1 Å². The van der Waals surface area contributed by atoms with Crippen LogP contribution in [-0.4, -0.2) is 10.9 Å². The van der Waals surface area contributed by atoms with Crippen LogP contribution >= 0.6 is 11.8 Å². The van der Waals surface area contributed by atoms with Crippen LogP contribution in [0, 0.1) is 0 Å². The van der Waals surface area contributed by atoms with Crippen LogP contribution in [0.3, 0.4) is 0 Å². The van der Waals surface area contributed by atoms with E-state index in [1.54, 1.807) is 0 Å². The summed E-state index contributed by atoms with van der Waals surface area (Å²) in [5.74, 6) is 0. The minimum atomic E-state index is 0.447. The van der Waals surface area contributed by atoms with Gasteiger partial charge in [0.1, 0.15) is 0 Å². The summed E-state index contributed by atoms with van der Waals surface area (Å²) in [6.45, 7) is 3.97. The molecule has 0 bridgehead atoms. The summed E-state index contributed by atoms with van der Waals surface area (Å²) >= 11 is 1.31. The molecule has 0 aliphatic rings. The lowest BCUT2D eigenvalue weighted by Crippen LogP contribution is -1.82. The maximum Gasteiger partial charge on any atom is 0.176 e. The Kier molecular flexibility index (Phi) is 3.23.